The van der Waals surface area contributed by atoms with Gasteiger partial charge >= 0.3 is 0 Å². The van der Waals surface area contributed by atoms with Crippen molar-refractivity contribution in [1.82, 2.24) is 24.7 Å². The van der Waals surface area contributed by atoms with Crippen molar-refractivity contribution < 1.29 is 4.52 Å². The third-order valence-corrected chi connectivity index (χ3v) is 5.45. The van der Waals surface area contributed by atoms with Crippen LogP contribution in [0.5, 0.6) is 0 Å². The Balaban J connectivity index is 0.00000106. The van der Waals surface area contributed by atoms with Gasteiger partial charge in [-0.25, -0.2) is 9.97 Å². The molecule has 0 N–H and O–H groups in total. The van der Waals surface area contributed by atoms with Gasteiger partial charge in [0.2, 0.25) is 5.89 Å². The lowest BCUT2D eigenvalue weighted by molar-refractivity contribution is 0.315. The minimum atomic E-state index is -0.178. The van der Waals surface area contributed by atoms with Crippen LogP contribution in [0.15, 0.2) is 58.2 Å². The summed E-state index contributed by atoms with van der Waals surface area (Å²) in [6, 6.07) is 11.4. The predicted molar refractivity (Wildman–Crippen MR) is 115 cm³/mol. The van der Waals surface area contributed by atoms with Crippen LogP contribution in [-0.2, 0) is 6.54 Å². The summed E-state index contributed by atoms with van der Waals surface area (Å²) in [5.74, 6) is 1.81. The Bertz CT molecular complexity index is 1210. The van der Waals surface area contributed by atoms with Crippen LogP contribution in [0.25, 0.3) is 11.0 Å². The summed E-state index contributed by atoms with van der Waals surface area (Å²) >= 11 is 6.08. The Labute approximate surface area is 178 Å². The molecule has 0 atom stereocenters. The highest BCUT2D eigenvalue weighted by Crippen LogP contribution is 2.46. The zero-order valence-corrected chi connectivity index (χ0v) is 17.6. The van der Waals surface area contributed by atoms with Gasteiger partial charge in [0, 0.05) is 17.1 Å². The molecular formula is C22H22ClN5O2. The summed E-state index contributed by atoms with van der Waals surface area (Å²) in [6.07, 6.45) is 4.99. The molecule has 3 aromatic heterocycles. The average Bonchev–Trinajstić information content (AvgIpc) is 3.19. The Morgan fingerprint density at radius 3 is 2.77 bits per heavy atom. The first-order valence-corrected chi connectivity index (χ1v) is 10.4. The fourth-order valence-corrected chi connectivity index (χ4v) is 3.81. The van der Waals surface area contributed by atoms with Gasteiger partial charge in [-0.3, -0.25) is 9.36 Å². The molecule has 1 aliphatic carbocycles. The molecule has 0 radical (unpaired) electrons. The second-order valence-corrected chi connectivity index (χ2v) is 7.46. The summed E-state index contributed by atoms with van der Waals surface area (Å²) in [6.45, 7) is 4.19. The number of benzene rings is 1. The van der Waals surface area contributed by atoms with Crippen LogP contribution in [0.4, 0.5) is 0 Å². The van der Waals surface area contributed by atoms with E-state index in [2.05, 4.69) is 26.2 Å². The maximum atomic E-state index is 12.6. The van der Waals surface area contributed by atoms with Crippen LogP contribution < -0.4 is 5.56 Å². The predicted octanol–water partition coefficient (Wildman–Crippen LogP) is 4.56. The molecule has 8 heteroatoms. The summed E-state index contributed by atoms with van der Waals surface area (Å²) < 4.78 is 6.82. The van der Waals surface area contributed by atoms with Crippen LogP contribution in [-0.4, -0.2) is 24.7 Å². The van der Waals surface area contributed by atoms with E-state index in [0.29, 0.717) is 28.7 Å². The van der Waals surface area contributed by atoms with Gasteiger partial charge in [0.05, 0.1) is 5.39 Å². The standard InChI is InChI=1S/C20H16ClN5O2.C2H6/c21-15-4-1-3-12(9-15)13-7-14(8-13)18-24-17(28-25-18)10-26-11-23-19-16(20(26)27)5-2-6-22-19;1-2/h1-6,9,11,13-14H,7-8,10H2;1-2H3. The Hall–Kier alpha value is -3.06. The maximum absolute atomic E-state index is 12.6. The first-order chi connectivity index (χ1) is 14.7. The van der Waals surface area contributed by atoms with Crippen LogP contribution in [0.3, 0.4) is 0 Å². The largest absolute Gasteiger partial charge is 0.337 e. The van der Waals surface area contributed by atoms with E-state index in [1.54, 1.807) is 18.3 Å². The highest BCUT2D eigenvalue weighted by Gasteiger charge is 2.34. The van der Waals surface area contributed by atoms with Crippen LogP contribution in [0.2, 0.25) is 5.02 Å². The van der Waals surface area contributed by atoms with Gasteiger partial charge in [-0.2, -0.15) is 4.98 Å². The normalized spacial score (nSPS) is 17.8. The number of hydrogen-bond acceptors (Lipinski definition) is 6. The van der Waals surface area contributed by atoms with E-state index in [0.717, 1.165) is 17.9 Å². The van der Waals surface area contributed by atoms with Gasteiger partial charge in [-0.15, -0.1) is 0 Å². The maximum Gasteiger partial charge on any atom is 0.263 e. The quantitative estimate of drug-likeness (QED) is 0.478. The SMILES string of the molecule is CC.O=c1c2cccnc2ncn1Cc1nc(C2CC(c3cccc(Cl)c3)C2)no1. The monoisotopic (exact) mass is 423 g/mol. The first kappa shape index (κ1) is 20.2. The van der Waals surface area contributed by atoms with Crippen LogP contribution in [0, 0.1) is 0 Å². The molecule has 5 rings (SSSR count). The van der Waals surface area contributed by atoms with Gasteiger partial charge in [0.1, 0.15) is 12.9 Å². The molecule has 0 aliphatic heterocycles. The minimum absolute atomic E-state index is 0.178. The number of nitrogens with zero attached hydrogens (tertiary/aromatic N) is 5. The van der Waals surface area contributed by atoms with Crippen molar-refractivity contribution in [3.8, 4) is 0 Å². The van der Waals surface area contributed by atoms with Crippen molar-refractivity contribution in [2.45, 2.75) is 45.1 Å². The molecule has 30 heavy (non-hydrogen) atoms. The molecule has 1 fully saturated rings. The van der Waals surface area contributed by atoms with Crippen molar-refractivity contribution in [1.29, 1.82) is 0 Å². The Kier molecular flexibility index (Phi) is 5.90. The van der Waals surface area contributed by atoms with Crippen molar-refractivity contribution in [2.24, 2.45) is 0 Å². The first-order valence-electron chi connectivity index (χ1n) is 10.1. The van der Waals surface area contributed by atoms with E-state index in [4.69, 9.17) is 16.1 Å². The van der Waals surface area contributed by atoms with Crippen LogP contribution >= 0.6 is 11.6 Å². The molecule has 0 saturated heterocycles. The van der Waals surface area contributed by atoms with Crippen molar-refractivity contribution >= 4 is 22.6 Å². The molecule has 0 spiro atoms. The zero-order valence-electron chi connectivity index (χ0n) is 16.8. The van der Waals surface area contributed by atoms with E-state index >= 15 is 0 Å². The molecule has 7 nitrogen and oxygen atoms in total. The van der Waals surface area contributed by atoms with Crippen molar-refractivity contribution in [3.05, 3.63) is 81.6 Å². The number of halogens is 1. The van der Waals surface area contributed by atoms with E-state index in [1.165, 1.54) is 16.5 Å². The van der Waals surface area contributed by atoms with E-state index in [-0.39, 0.29) is 18.0 Å². The number of rotatable bonds is 4. The fourth-order valence-electron chi connectivity index (χ4n) is 3.62. The lowest BCUT2D eigenvalue weighted by atomic mass is 9.71. The molecule has 0 unspecified atom stereocenters. The van der Waals surface area contributed by atoms with E-state index in [9.17, 15) is 4.79 Å². The summed E-state index contributed by atoms with van der Waals surface area (Å²) in [4.78, 5) is 25.3. The van der Waals surface area contributed by atoms with Gasteiger partial charge in [-0.05, 0) is 48.6 Å². The highest BCUT2D eigenvalue weighted by molar-refractivity contribution is 6.30. The Morgan fingerprint density at radius 2 is 1.97 bits per heavy atom. The molecule has 3 heterocycles. The third-order valence-electron chi connectivity index (χ3n) is 5.21. The minimum Gasteiger partial charge on any atom is -0.337 e. The lowest BCUT2D eigenvalue weighted by Gasteiger charge is -2.33. The number of fused-ring (bicyclic) bond motifs is 1. The zero-order chi connectivity index (χ0) is 21.1. The second kappa shape index (κ2) is 8.75. The van der Waals surface area contributed by atoms with Gasteiger partial charge in [0.25, 0.3) is 5.56 Å². The van der Waals surface area contributed by atoms with E-state index < -0.39 is 0 Å². The van der Waals surface area contributed by atoms with Crippen molar-refractivity contribution in [2.75, 3.05) is 0 Å². The van der Waals surface area contributed by atoms with Crippen molar-refractivity contribution in [3.63, 3.8) is 0 Å². The molecule has 1 aromatic carbocycles. The molecule has 1 saturated carbocycles. The molecule has 0 amide bonds. The van der Waals surface area contributed by atoms with Gasteiger partial charge < -0.3 is 4.52 Å². The lowest BCUT2D eigenvalue weighted by Crippen LogP contribution is -2.22. The van der Waals surface area contributed by atoms with Crippen LogP contribution in [0.1, 0.15) is 55.8 Å². The average molecular weight is 424 g/mol. The molecule has 4 aromatic rings. The Morgan fingerprint density at radius 1 is 1.13 bits per heavy atom. The second-order valence-electron chi connectivity index (χ2n) is 7.02. The summed E-state index contributed by atoms with van der Waals surface area (Å²) in [5, 5.41) is 5.33. The molecule has 1 aliphatic rings. The number of aromatic nitrogens is 5. The topological polar surface area (TPSA) is 86.7 Å². The number of pyridine rings is 1. The molecule has 0 bridgehead atoms. The van der Waals surface area contributed by atoms with Gasteiger partial charge in [-0.1, -0.05) is 42.7 Å². The smallest absolute Gasteiger partial charge is 0.263 e. The highest BCUT2D eigenvalue weighted by atomic mass is 35.5. The number of hydrogen-bond donors (Lipinski definition) is 0. The molecular weight excluding hydrogens is 402 g/mol. The van der Waals surface area contributed by atoms with E-state index in [1.807, 2.05) is 32.0 Å². The van der Waals surface area contributed by atoms with Gasteiger partial charge in [0.15, 0.2) is 11.5 Å². The third kappa shape index (κ3) is 3.98. The molecule has 154 valence electrons. The fraction of sp³-hybridized carbons (Fsp3) is 0.318. The summed E-state index contributed by atoms with van der Waals surface area (Å²) in [5.41, 5.74) is 1.49. The summed E-state index contributed by atoms with van der Waals surface area (Å²) in [7, 11) is 0.